The number of benzene rings is 2. The Balaban J connectivity index is 1.60. The molecule has 26 heavy (non-hydrogen) atoms. The molecule has 1 saturated heterocycles. The van der Waals surface area contributed by atoms with Crippen LogP contribution < -0.4 is 14.2 Å². The Morgan fingerprint density at radius 3 is 2.54 bits per heavy atom. The summed E-state index contributed by atoms with van der Waals surface area (Å²) >= 11 is 0. The molecule has 0 radical (unpaired) electrons. The van der Waals surface area contributed by atoms with E-state index in [4.69, 9.17) is 19.5 Å². The fourth-order valence-electron chi connectivity index (χ4n) is 3.44. The summed E-state index contributed by atoms with van der Waals surface area (Å²) in [6, 6.07) is 15.9. The predicted octanol–water partition coefficient (Wildman–Crippen LogP) is 3.79. The fourth-order valence-corrected chi connectivity index (χ4v) is 3.44. The van der Waals surface area contributed by atoms with Gasteiger partial charge in [-0.25, -0.2) is 0 Å². The highest BCUT2D eigenvalue weighted by molar-refractivity contribution is 5.44. The maximum atomic E-state index is 8.84. The minimum atomic E-state index is 0.374. The van der Waals surface area contributed by atoms with E-state index in [-0.39, 0.29) is 0 Å². The SMILES string of the molecule is COc1ccc(C2CCCN2CCOc2ccc(C#N)cc2)cc1OC. The van der Waals surface area contributed by atoms with E-state index in [9.17, 15) is 0 Å². The fraction of sp³-hybridized carbons (Fsp3) is 0.381. The van der Waals surface area contributed by atoms with Crippen LogP contribution in [0.15, 0.2) is 42.5 Å². The molecule has 2 aromatic rings. The maximum absolute atomic E-state index is 8.84. The van der Waals surface area contributed by atoms with Crippen LogP contribution in [-0.2, 0) is 0 Å². The smallest absolute Gasteiger partial charge is 0.161 e. The first-order valence-electron chi connectivity index (χ1n) is 8.84. The molecule has 136 valence electrons. The van der Waals surface area contributed by atoms with Crippen molar-refractivity contribution in [3.63, 3.8) is 0 Å². The molecule has 0 aromatic heterocycles. The van der Waals surface area contributed by atoms with Crippen LogP contribution in [0.5, 0.6) is 17.2 Å². The molecular formula is C21H24N2O3. The number of methoxy groups -OCH3 is 2. The van der Waals surface area contributed by atoms with Gasteiger partial charge in [-0.3, -0.25) is 4.90 Å². The topological polar surface area (TPSA) is 54.7 Å². The van der Waals surface area contributed by atoms with E-state index in [1.807, 2.05) is 18.2 Å². The second-order valence-corrected chi connectivity index (χ2v) is 6.29. The molecule has 1 fully saturated rings. The van der Waals surface area contributed by atoms with Crippen molar-refractivity contribution in [2.45, 2.75) is 18.9 Å². The Bertz CT molecular complexity index is 768. The Hall–Kier alpha value is -2.71. The summed E-state index contributed by atoms with van der Waals surface area (Å²) in [7, 11) is 3.32. The lowest BCUT2D eigenvalue weighted by Crippen LogP contribution is -2.28. The van der Waals surface area contributed by atoms with Crippen molar-refractivity contribution in [3.05, 3.63) is 53.6 Å². The van der Waals surface area contributed by atoms with Crippen molar-refractivity contribution >= 4 is 0 Å². The Kier molecular flexibility index (Phi) is 5.98. The number of rotatable bonds is 7. The third-order valence-electron chi connectivity index (χ3n) is 4.79. The van der Waals surface area contributed by atoms with Crippen molar-refractivity contribution in [3.8, 4) is 23.3 Å². The summed E-state index contributed by atoms with van der Waals surface area (Å²) in [5.41, 5.74) is 1.89. The number of nitriles is 1. The van der Waals surface area contributed by atoms with Crippen LogP contribution in [0.3, 0.4) is 0 Å². The highest BCUT2D eigenvalue weighted by atomic mass is 16.5. The molecule has 1 heterocycles. The van der Waals surface area contributed by atoms with Crippen LogP contribution in [-0.4, -0.2) is 38.8 Å². The van der Waals surface area contributed by atoms with Crippen LogP contribution >= 0.6 is 0 Å². The quantitative estimate of drug-likeness (QED) is 0.759. The molecule has 0 amide bonds. The largest absolute Gasteiger partial charge is 0.493 e. The van der Waals surface area contributed by atoms with E-state index in [0.717, 1.165) is 36.8 Å². The lowest BCUT2D eigenvalue weighted by Gasteiger charge is -2.25. The van der Waals surface area contributed by atoms with Gasteiger partial charge in [0.05, 0.1) is 25.9 Å². The van der Waals surface area contributed by atoms with Gasteiger partial charge in [-0.05, 0) is 61.3 Å². The molecule has 0 saturated carbocycles. The molecule has 1 atom stereocenters. The van der Waals surface area contributed by atoms with Crippen LogP contribution in [0.1, 0.15) is 30.0 Å². The van der Waals surface area contributed by atoms with Gasteiger partial charge >= 0.3 is 0 Å². The third-order valence-corrected chi connectivity index (χ3v) is 4.79. The number of likely N-dealkylation sites (tertiary alicyclic amines) is 1. The van der Waals surface area contributed by atoms with Gasteiger partial charge in [-0.1, -0.05) is 6.07 Å². The molecule has 0 aliphatic carbocycles. The zero-order chi connectivity index (χ0) is 18.4. The second kappa shape index (κ2) is 8.59. The first kappa shape index (κ1) is 18.1. The van der Waals surface area contributed by atoms with Gasteiger partial charge in [-0.2, -0.15) is 5.26 Å². The number of hydrogen-bond acceptors (Lipinski definition) is 5. The Labute approximate surface area is 154 Å². The molecule has 1 aliphatic heterocycles. The van der Waals surface area contributed by atoms with Crippen molar-refractivity contribution in [2.24, 2.45) is 0 Å². The van der Waals surface area contributed by atoms with Crippen LogP contribution in [0, 0.1) is 11.3 Å². The molecule has 0 spiro atoms. The van der Waals surface area contributed by atoms with Crippen molar-refractivity contribution in [1.82, 2.24) is 4.90 Å². The van der Waals surface area contributed by atoms with E-state index in [1.165, 1.54) is 12.0 Å². The standard InChI is InChI=1S/C21H24N2O3/c1-24-20-10-7-17(14-21(20)25-2)19-4-3-11-23(19)12-13-26-18-8-5-16(15-22)6-9-18/h5-10,14,19H,3-4,11-13H2,1-2H3. The zero-order valence-corrected chi connectivity index (χ0v) is 15.3. The molecule has 2 aromatic carbocycles. The summed E-state index contributed by atoms with van der Waals surface area (Å²) in [5.74, 6) is 2.32. The van der Waals surface area contributed by atoms with Gasteiger partial charge in [-0.15, -0.1) is 0 Å². The summed E-state index contributed by atoms with van der Waals surface area (Å²) in [4.78, 5) is 2.45. The van der Waals surface area contributed by atoms with Gasteiger partial charge < -0.3 is 14.2 Å². The van der Waals surface area contributed by atoms with Crippen molar-refractivity contribution in [2.75, 3.05) is 33.9 Å². The molecule has 1 unspecified atom stereocenters. The lowest BCUT2D eigenvalue weighted by atomic mass is 10.0. The molecule has 1 aliphatic rings. The maximum Gasteiger partial charge on any atom is 0.161 e. The van der Waals surface area contributed by atoms with Gasteiger partial charge in [0.25, 0.3) is 0 Å². The van der Waals surface area contributed by atoms with Gasteiger partial charge in [0.1, 0.15) is 12.4 Å². The first-order valence-corrected chi connectivity index (χ1v) is 8.84. The highest BCUT2D eigenvalue weighted by Gasteiger charge is 2.26. The van der Waals surface area contributed by atoms with Crippen molar-refractivity contribution in [1.29, 1.82) is 5.26 Å². The zero-order valence-electron chi connectivity index (χ0n) is 15.3. The van der Waals surface area contributed by atoms with E-state index in [2.05, 4.69) is 23.1 Å². The molecule has 5 heteroatoms. The molecule has 0 bridgehead atoms. The number of ether oxygens (including phenoxy) is 3. The van der Waals surface area contributed by atoms with Crippen LogP contribution in [0.4, 0.5) is 0 Å². The van der Waals surface area contributed by atoms with Gasteiger partial charge in [0, 0.05) is 12.6 Å². The summed E-state index contributed by atoms with van der Waals surface area (Å²) in [6.07, 6.45) is 2.31. The van der Waals surface area contributed by atoms with E-state index in [1.54, 1.807) is 26.4 Å². The summed E-state index contributed by atoms with van der Waals surface area (Å²) in [6.45, 7) is 2.55. The summed E-state index contributed by atoms with van der Waals surface area (Å²) < 4.78 is 16.6. The second-order valence-electron chi connectivity index (χ2n) is 6.29. The number of nitrogens with zero attached hydrogens (tertiary/aromatic N) is 2. The van der Waals surface area contributed by atoms with Gasteiger partial charge in [0.2, 0.25) is 0 Å². The average molecular weight is 352 g/mol. The minimum Gasteiger partial charge on any atom is -0.493 e. The molecule has 5 nitrogen and oxygen atoms in total. The monoisotopic (exact) mass is 352 g/mol. The minimum absolute atomic E-state index is 0.374. The van der Waals surface area contributed by atoms with E-state index in [0.29, 0.717) is 18.2 Å². The molecule has 3 rings (SSSR count). The van der Waals surface area contributed by atoms with Crippen molar-refractivity contribution < 1.29 is 14.2 Å². The molecular weight excluding hydrogens is 328 g/mol. The highest BCUT2D eigenvalue weighted by Crippen LogP contribution is 2.36. The normalized spacial score (nSPS) is 16.9. The Morgan fingerprint density at radius 2 is 1.85 bits per heavy atom. The van der Waals surface area contributed by atoms with E-state index >= 15 is 0 Å². The van der Waals surface area contributed by atoms with Crippen LogP contribution in [0.2, 0.25) is 0 Å². The predicted molar refractivity (Wildman–Crippen MR) is 99.7 cm³/mol. The average Bonchev–Trinajstić information content (AvgIpc) is 3.16. The van der Waals surface area contributed by atoms with E-state index < -0.39 is 0 Å². The number of hydrogen-bond donors (Lipinski definition) is 0. The van der Waals surface area contributed by atoms with Crippen LogP contribution in [0.25, 0.3) is 0 Å². The third kappa shape index (κ3) is 4.09. The summed E-state index contributed by atoms with van der Waals surface area (Å²) in [5, 5.41) is 8.84. The van der Waals surface area contributed by atoms with Gasteiger partial charge in [0.15, 0.2) is 11.5 Å². The Morgan fingerprint density at radius 1 is 1.08 bits per heavy atom. The molecule has 0 N–H and O–H groups in total. The first-order chi connectivity index (χ1) is 12.7. The lowest BCUT2D eigenvalue weighted by molar-refractivity contribution is 0.197.